The molecule has 4 nitrogen and oxygen atoms in total. The molecule has 0 atom stereocenters. The molecule has 0 saturated heterocycles. The minimum atomic E-state index is 0.154. The predicted molar refractivity (Wildman–Crippen MR) is 81.2 cm³/mol. The fraction of sp³-hybridized carbons (Fsp3) is 0.438. The molecule has 0 unspecified atom stereocenters. The first kappa shape index (κ1) is 14.8. The lowest BCUT2D eigenvalue weighted by Gasteiger charge is -2.19. The first-order chi connectivity index (χ1) is 9.76. The van der Waals surface area contributed by atoms with Crippen molar-refractivity contribution < 1.29 is 9.53 Å². The second kappa shape index (κ2) is 7.22. The monoisotopic (exact) mass is 274 g/mol. The van der Waals surface area contributed by atoms with Crippen molar-refractivity contribution in [1.82, 2.24) is 9.88 Å². The van der Waals surface area contributed by atoms with Crippen LogP contribution in [-0.2, 0) is 4.74 Å². The standard InChI is InChI=1S/C16H22N2O2/c1-3-18(9-10-20-4-2)12-16(19)14-11-17-15-8-6-5-7-13(14)15/h5-8,11,17H,3-4,9-10,12H2,1-2H3. The Kier molecular flexibility index (Phi) is 5.32. The maximum atomic E-state index is 12.4. The number of rotatable bonds is 8. The van der Waals surface area contributed by atoms with Crippen LogP contribution in [0.4, 0.5) is 0 Å². The first-order valence-electron chi connectivity index (χ1n) is 7.15. The highest BCUT2D eigenvalue weighted by Gasteiger charge is 2.14. The Morgan fingerprint density at radius 2 is 2.10 bits per heavy atom. The number of aromatic amines is 1. The number of hydrogen-bond donors (Lipinski definition) is 1. The highest BCUT2D eigenvalue weighted by molar-refractivity contribution is 6.08. The molecule has 0 aliphatic heterocycles. The van der Waals surface area contributed by atoms with Crippen LogP contribution >= 0.6 is 0 Å². The van der Waals surface area contributed by atoms with Gasteiger partial charge in [-0.25, -0.2) is 0 Å². The van der Waals surface area contributed by atoms with Crippen LogP contribution in [0.25, 0.3) is 10.9 Å². The number of ketones is 1. The van der Waals surface area contributed by atoms with Gasteiger partial charge in [-0.15, -0.1) is 0 Å². The van der Waals surface area contributed by atoms with Crippen molar-refractivity contribution in [3.8, 4) is 0 Å². The second-order valence-electron chi connectivity index (χ2n) is 4.74. The molecule has 0 saturated carbocycles. The van der Waals surface area contributed by atoms with Crippen LogP contribution < -0.4 is 0 Å². The van der Waals surface area contributed by atoms with E-state index in [0.717, 1.165) is 29.6 Å². The lowest BCUT2D eigenvalue weighted by molar-refractivity contribution is 0.0869. The molecule has 0 aliphatic rings. The van der Waals surface area contributed by atoms with Crippen LogP contribution in [0.2, 0.25) is 0 Å². The van der Waals surface area contributed by atoms with E-state index >= 15 is 0 Å². The molecule has 20 heavy (non-hydrogen) atoms. The van der Waals surface area contributed by atoms with Gasteiger partial charge in [-0.05, 0) is 19.5 Å². The number of benzene rings is 1. The molecule has 1 aromatic heterocycles. The largest absolute Gasteiger partial charge is 0.380 e. The number of H-pyrrole nitrogens is 1. The molecule has 1 heterocycles. The molecular weight excluding hydrogens is 252 g/mol. The van der Waals surface area contributed by atoms with Crippen LogP contribution in [0.3, 0.4) is 0 Å². The summed E-state index contributed by atoms with van der Waals surface area (Å²) >= 11 is 0. The second-order valence-corrected chi connectivity index (χ2v) is 4.74. The van der Waals surface area contributed by atoms with E-state index in [-0.39, 0.29) is 5.78 Å². The van der Waals surface area contributed by atoms with Crippen LogP contribution in [0, 0.1) is 0 Å². The van der Waals surface area contributed by atoms with Gasteiger partial charge in [-0.1, -0.05) is 25.1 Å². The summed E-state index contributed by atoms with van der Waals surface area (Å²) in [6.45, 7) is 7.51. The van der Waals surface area contributed by atoms with Gasteiger partial charge >= 0.3 is 0 Å². The lowest BCUT2D eigenvalue weighted by Crippen LogP contribution is -2.32. The van der Waals surface area contributed by atoms with Crippen LogP contribution in [0.1, 0.15) is 24.2 Å². The summed E-state index contributed by atoms with van der Waals surface area (Å²) in [5.41, 5.74) is 1.78. The maximum Gasteiger partial charge on any atom is 0.178 e. The Hall–Kier alpha value is -1.65. The minimum Gasteiger partial charge on any atom is -0.380 e. The zero-order chi connectivity index (χ0) is 14.4. The Morgan fingerprint density at radius 1 is 1.30 bits per heavy atom. The van der Waals surface area contributed by atoms with E-state index in [1.807, 2.05) is 37.4 Å². The lowest BCUT2D eigenvalue weighted by atomic mass is 10.1. The molecule has 0 bridgehead atoms. The van der Waals surface area contributed by atoms with Crippen molar-refractivity contribution >= 4 is 16.7 Å². The molecule has 0 fully saturated rings. The summed E-state index contributed by atoms with van der Waals surface area (Å²) in [5, 5.41) is 0.998. The first-order valence-corrected chi connectivity index (χ1v) is 7.15. The van der Waals surface area contributed by atoms with Crippen molar-refractivity contribution in [2.45, 2.75) is 13.8 Å². The van der Waals surface area contributed by atoms with Crippen molar-refractivity contribution in [1.29, 1.82) is 0 Å². The van der Waals surface area contributed by atoms with Gasteiger partial charge in [-0.2, -0.15) is 0 Å². The van der Waals surface area contributed by atoms with Crippen molar-refractivity contribution in [3.63, 3.8) is 0 Å². The van der Waals surface area contributed by atoms with Gasteiger partial charge in [0.1, 0.15) is 0 Å². The Balaban J connectivity index is 2.03. The molecular formula is C16H22N2O2. The third kappa shape index (κ3) is 3.46. The van der Waals surface area contributed by atoms with Gasteiger partial charge in [-0.3, -0.25) is 9.69 Å². The van der Waals surface area contributed by atoms with Gasteiger partial charge in [0.25, 0.3) is 0 Å². The maximum absolute atomic E-state index is 12.4. The smallest absolute Gasteiger partial charge is 0.178 e. The normalized spacial score (nSPS) is 11.3. The van der Waals surface area contributed by atoms with Crippen LogP contribution in [0.15, 0.2) is 30.5 Å². The third-order valence-corrected chi connectivity index (χ3v) is 3.46. The number of nitrogens with one attached hydrogen (secondary N) is 1. The molecule has 1 aromatic carbocycles. The number of fused-ring (bicyclic) bond motifs is 1. The number of ether oxygens (including phenoxy) is 1. The van der Waals surface area contributed by atoms with Crippen molar-refractivity contribution in [2.75, 3.05) is 32.8 Å². The SMILES string of the molecule is CCOCCN(CC)CC(=O)c1c[nH]c2ccccc12. The zero-order valence-corrected chi connectivity index (χ0v) is 12.2. The van der Waals surface area contributed by atoms with E-state index in [0.29, 0.717) is 19.8 Å². The van der Waals surface area contributed by atoms with Gasteiger partial charge in [0.05, 0.1) is 13.2 Å². The fourth-order valence-electron chi connectivity index (χ4n) is 2.28. The molecule has 4 heteroatoms. The quantitative estimate of drug-likeness (QED) is 0.594. The van der Waals surface area contributed by atoms with E-state index in [4.69, 9.17) is 4.74 Å². The summed E-state index contributed by atoms with van der Waals surface area (Å²) < 4.78 is 5.35. The molecule has 2 aromatic rings. The van der Waals surface area contributed by atoms with E-state index in [9.17, 15) is 4.79 Å². The van der Waals surface area contributed by atoms with Gasteiger partial charge in [0.15, 0.2) is 5.78 Å². The van der Waals surface area contributed by atoms with Crippen LogP contribution in [-0.4, -0.2) is 48.5 Å². The predicted octanol–water partition coefficient (Wildman–Crippen LogP) is 2.71. The van der Waals surface area contributed by atoms with Gasteiger partial charge in [0, 0.05) is 35.8 Å². The van der Waals surface area contributed by atoms with E-state index in [1.54, 1.807) is 0 Å². The van der Waals surface area contributed by atoms with Crippen molar-refractivity contribution in [3.05, 3.63) is 36.0 Å². The summed E-state index contributed by atoms with van der Waals surface area (Å²) in [6.07, 6.45) is 1.81. The van der Waals surface area contributed by atoms with Gasteiger partial charge < -0.3 is 9.72 Å². The summed E-state index contributed by atoms with van der Waals surface area (Å²) in [6, 6.07) is 7.89. The van der Waals surface area contributed by atoms with E-state index in [2.05, 4.69) is 16.8 Å². The number of carbonyl (C=O) groups is 1. The number of hydrogen-bond acceptors (Lipinski definition) is 3. The third-order valence-electron chi connectivity index (χ3n) is 3.46. The van der Waals surface area contributed by atoms with E-state index in [1.165, 1.54) is 0 Å². The number of aromatic nitrogens is 1. The highest BCUT2D eigenvalue weighted by atomic mass is 16.5. The molecule has 0 aliphatic carbocycles. The number of likely N-dealkylation sites (N-methyl/N-ethyl adjacent to an activating group) is 1. The molecule has 1 N–H and O–H groups in total. The number of carbonyl (C=O) groups excluding carboxylic acids is 1. The topological polar surface area (TPSA) is 45.3 Å². The summed E-state index contributed by atoms with van der Waals surface area (Å²) in [5.74, 6) is 0.154. The zero-order valence-electron chi connectivity index (χ0n) is 12.2. The highest BCUT2D eigenvalue weighted by Crippen LogP contribution is 2.18. The van der Waals surface area contributed by atoms with Crippen molar-refractivity contribution in [2.24, 2.45) is 0 Å². The van der Waals surface area contributed by atoms with Crippen LogP contribution in [0.5, 0.6) is 0 Å². The van der Waals surface area contributed by atoms with E-state index < -0.39 is 0 Å². The molecule has 2 rings (SSSR count). The molecule has 0 radical (unpaired) electrons. The number of Topliss-reactive ketones (excluding diaryl/α,β-unsaturated/α-hetero) is 1. The average Bonchev–Trinajstić information content (AvgIpc) is 2.90. The summed E-state index contributed by atoms with van der Waals surface area (Å²) in [4.78, 5) is 17.7. The Labute approximate surface area is 119 Å². The average molecular weight is 274 g/mol. The fourth-order valence-corrected chi connectivity index (χ4v) is 2.28. The molecule has 108 valence electrons. The Morgan fingerprint density at radius 3 is 2.85 bits per heavy atom. The molecule has 0 amide bonds. The molecule has 0 spiro atoms. The minimum absolute atomic E-state index is 0.154. The number of para-hydroxylation sites is 1. The number of nitrogens with zero attached hydrogens (tertiary/aromatic N) is 1. The Bertz CT molecular complexity index is 562. The van der Waals surface area contributed by atoms with Gasteiger partial charge in [0.2, 0.25) is 0 Å². The summed E-state index contributed by atoms with van der Waals surface area (Å²) in [7, 11) is 0.